The van der Waals surface area contributed by atoms with Crippen LogP contribution in [-0.2, 0) is 32.9 Å². The number of carbonyl (C=O) groups is 3. The van der Waals surface area contributed by atoms with E-state index in [4.69, 9.17) is 14.2 Å². The van der Waals surface area contributed by atoms with Gasteiger partial charge in [0.15, 0.2) is 6.61 Å². The van der Waals surface area contributed by atoms with Gasteiger partial charge in [-0.1, -0.05) is 84.9 Å². The normalized spacial score (nSPS) is 16.0. The lowest BCUT2D eigenvalue weighted by atomic mass is 9.86. The molecule has 70 heavy (non-hydrogen) atoms. The molecule has 2 amide bonds. The Bertz CT molecular complexity index is 2790. The molecule has 1 aromatic heterocycles. The summed E-state index contributed by atoms with van der Waals surface area (Å²) in [5.41, 5.74) is 1.73. The van der Waals surface area contributed by atoms with Crippen LogP contribution in [0.1, 0.15) is 82.8 Å². The van der Waals surface area contributed by atoms with E-state index in [2.05, 4.69) is 27.3 Å². The van der Waals surface area contributed by atoms with Crippen molar-refractivity contribution < 1.29 is 43.9 Å². The zero-order chi connectivity index (χ0) is 49.0. The zero-order valence-electron chi connectivity index (χ0n) is 39.6. The van der Waals surface area contributed by atoms with Crippen LogP contribution in [0.5, 0.6) is 17.2 Å². The van der Waals surface area contributed by atoms with Crippen molar-refractivity contribution in [2.24, 2.45) is 11.8 Å². The van der Waals surface area contributed by atoms with Crippen LogP contribution in [0.2, 0.25) is 0 Å². The van der Waals surface area contributed by atoms with Crippen LogP contribution in [0.15, 0.2) is 132 Å². The number of methoxy groups -OCH3 is 1. The number of hydrogen-bond donors (Lipinski definition) is 5. The Morgan fingerprint density at radius 1 is 0.814 bits per heavy atom. The number of aromatic nitrogens is 1. The predicted octanol–water partition coefficient (Wildman–Crippen LogP) is 7.04. The number of nitrogens with zero attached hydrogens (tertiary/aromatic N) is 2. The Morgan fingerprint density at radius 3 is 2.27 bits per heavy atom. The highest BCUT2D eigenvalue weighted by atomic mass is 16.6. The third kappa shape index (κ3) is 12.0. The summed E-state index contributed by atoms with van der Waals surface area (Å²) in [6.07, 6.45) is 3.98. The van der Waals surface area contributed by atoms with Crippen molar-refractivity contribution >= 4 is 28.7 Å². The molecule has 6 aromatic rings. The van der Waals surface area contributed by atoms with Gasteiger partial charge in [0.1, 0.15) is 17.2 Å². The van der Waals surface area contributed by atoms with Gasteiger partial charge in [0.25, 0.3) is 11.8 Å². The third-order valence-electron chi connectivity index (χ3n) is 13.8. The number of piperidine rings is 2. The van der Waals surface area contributed by atoms with Crippen LogP contribution < -0.4 is 20.3 Å². The number of carbonyl (C=O) groups excluding carboxylic acids is 3. The number of aliphatic hydroxyl groups excluding tert-OH is 1. The lowest BCUT2D eigenvalue weighted by Crippen LogP contribution is -2.43. The van der Waals surface area contributed by atoms with Gasteiger partial charge in [-0.3, -0.25) is 19.3 Å². The number of esters is 1. The van der Waals surface area contributed by atoms with Gasteiger partial charge in [-0.25, -0.2) is 4.79 Å². The zero-order valence-corrected chi connectivity index (χ0v) is 39.6. The Kier molecular flexibility index (Phi) is 16.3. The second kappa shape index (κ2) is 23.1. The molecular weight excluding hydrogens is 889 g/mol. The Morgan fingerprint density at radius 2 is 1.53 bits per heavy atom. The number of nitrogens with one attached hydrogen (secondary N) is 2. The molecule has 2 aliphatic rings. The van der Waals surface area contributed by atoms with Gasteiger partial charge < -0.3 is 44.7 Å². The van der Waals surface area contributed by atoms with E-state index < -0.39 is 17.7 Å². The van der Waals surface area contributed by atoms with Crippen molar-refractivity contribution in [2.45, 2.75) is 63.2 Å². The molecule has 5 aromatic carbocycles. The van der Waals surface area contributed by atoms with E-state index in [0.29, 0.717) is 85.3 Å². The summed E-state index contributed by atoms with van der Waals surface area (Å²) in [6.45, 7) is 4.13. The molecule has 5 N–H and O–H groups in total. The van der Waals surface area contributed by atoms with Gasteiger partial charge in [0.05, 0.1) is 25.3 Å². The van der Waals surface area contributed by atoms with E-state index >= 15 is 0 Å². The van der Waals surface area contributed by atoms with Crippen LogP contribution in [0.4, 0.5) is 0 Å². The highest BCUT2D eigenvalue weighted by Gasteiger charge is 2.42. The van der Waals surface area contributed by atoms with Crippen molar-refractivity contribution in [2.75, 3.05) is 53.0 Å². The maximum Gasteiger partial charge on any atom is 0.347 e. The summed E-state index contributed by atoms with van der Waals surface area (Å²) >= 11 is 0. The molecule has 2 aliphatic heterocycles. The van der Waals surface area contributed by atoms with E-state index in [9.17, 15) is 34.5 Å². The average Bonchev–Trinajstić information content (AvgIpc) is 3.40. The number of ether oxygens (including phenoxy) is 3. The first-order valence-electron chi connectivity index (χ1n) is 24.2. The topological polar surface area (TPSA) is 191 Å². The third-order valence-corrected chi connectivity index (χ3v) is 13.8. The highest BCUT2D eigenvalue weighted by molar-refractivity contribution is 5.94. The number of aliphatic hydroxyl groups is 2. The number of H-pyrrole nitrogens is 1. The minimum absolute atomic E-state index is 0.0623. The lowest BCUT2D eigenvalue weighted by molar-refractivity contribution is -0.164. The van der Waals surface area contributed by atoms with Gasteiger partial charge >= 0.3 is 5.97 Å². The molecule has 0 bridgehead atoms. The fourth-order valence-corrected chi connectivity index (χ4v) is 9.59. The number of phenols is 1. The number of pyridine rings is 1. The van der Waals surface area contributed by atoms with Crippen LogP contribution >= 0.6 is 0 Å². The average molecular weight is 951 g/mol. The molecule has 14 nitrogen and oxygen atoms in total. The molecule has 3 heterocycles. The number of aromatic hydroxyl groups is 1. The summed E-state index contributed by atoms with van der Waals surface area (Å²) in [4.78, 5) is 59.1. The number of likely N-dealkylation sites (tertiary alicyclic amines) is 2. The van der Waals surface area contributed by atoms with Crippen molar-refractivity contribution in [1.82, 2.24) is 20.1 Å². The molecule has 14 heteroatoms. The van der Waals surface area contributed by atoms with Crippen LogP contribution in [0.3, 0.4) is 0 Å². The van der Waals surface area contributed by atoms with Crippen molar-refractivity contribution in [3.05, 3.63) is 171 Å². The van der Waals surface area contributed by atoms with E-state index in [1.54, 1.807) is 84.8 Å². The van der Waals surface area contributed by atoms with Crippen molar-refractivity contribution in [1.29, 1.82) is 0 Å². The van der Waals surface area contributed by atoms with E-state index in [1.807, 2.05) is 30.3 Å². The van der Waals surface area contributed by atoms with Gasteiger partial charge in [-0.2, -0.15) is 0 Å². The molecule has 0 spiro atoms. The Labute approximate surface area is 407 Å². The SMILES string of the molecule is COc1cc(C(=O)NCC2CCN(C(=O)COc3cccc([C@](O)(C(=O)OCC4CCN(Cc5ccccc5)CC4)c4ccccc4)c3)CC2)ccc1CCC[C@H](O)c1ccc(O)c2[nH]c(=O)ccc12. The first-order chi connectivity index (χ1) is 34.0. The quantitative estimate of drug-likeness (QED) is 0.0524. The molecule has 0 radical (unpaired) electrons. The summed E-state index contributed by atoms with van der Waals surface area (Å²) in [5.74, 6) is 0.0168. The molecular formula is C56H62N4O10. The highest BCUT2D eigenvalue weighted by Crippen LogP contribution is 2.35. The standard InChI is InChI=1S/C56H62N4O10/c1-68-50-32-42(19-18-41(50)12-8-17-48(61)46-20-22-49(62)53-47(46)21-23-51(63)58-53)54(65)57-34-38-26-30-60(31-27-38)52(64)37-69-45-16-9-15-44(33-45)56(67,43-13-6-3-7-14-43)55(66)70-36-40-24-28-59(29-25-40)35-39-10-4-2-5-11-39/h2-7,9-11,13-16,18-23,32-33,38,40,48,61-62,67H,8,12,17,24-31,34-37H2,1H3,(H,57,65)(H,58,63)/t48-,56-/m0/s1. The van der Waals surface area contributed by atoms with Gasteiger partial charge in [-0.05, 0) is 129 Å². The first kappa shape index (κ1) is 49.4. The van der Waals surface area contributed by atoms with Gasteiger partial charge in [0.2, 0.25) is 11.2 Å². The van der Waals surface area contributed by atoms with E-state index in [1.165, 1.54) is 17.7 Å². The Hall–Kier alpha value is -7.00. The molecule has 2 fully saturated rings. The second-order valence-electron chi connectivity index (χ2n) is 18.5. The molecule has 8 rings (SSSR count). The smallest absolute Gasteiger partial charge is 0.347 e. The molecule has 2 saturated heterocycles. The summed E-state index contributed by atoms with van der Waals surface area (Å²) < 4.78 is 17.5. The molecule has 0 aliphatic carbocycles. The van der Waals surface area contributed by atoms with Crippen LogP contribution in [0, 0.1) is 11.8 Å². The van der Waals surface area contributed by atoms with Crippen LogP contribution in [-0.4, -0.2) is 101 Å². The molecule has 2 atom stereocenters. The van der Waals surface area contributed by atoms with Crippen LogP contribution in [0.25, 0.3) is 10.9 Å². The van der Waals surface area contributed by atoms with Crippen molar-refractivity contribution in [3.8, 4) is 17.2 Å². The minimum Gasteiger partial charge on any atom is -0.506 e. The number of amides is 2. The second-order valence-corrected chi connectivity index (χ2v) is 18.5. The van der Waals surface area contributed by atoms with Crippen molar-refractivity contribution in [3.63, 3.8) is 0 Å². The number of phenolic OH excluding ortho intramolecular Hbond substituents is 1. The van der Waals surface area contributed by atoms with Gasteiger partial charge in [0, 0.05) is 48.8 Å². The monoisotopic (exact) mass is 950 g/mol. The number of aromatic amines is 1. The minimum atomic E-state index is -2.10. The number of fused-ring (bicyclic) bond motifs is 1. The summed E-state index contributed by atoms with van der Waals surface area (Å²) in [6, 6.07) is 37.1. The molecule has 0 saturated carbocycles. The fourth-order valence-electron chi connectivity index (χ4n) is 9.59. The van der Waals surface area contributed by atoms with E-state index in [0.717, 1.165) is 38.0 Å². The summed E-state index contributed by atoms with van der Waals surface area (Å²) in [5, 5.41) is 37.1. The van der Waals surface area contributed by atoms with E-state index in [-0.39, 0.29) is 59.3 Å². The maximum atomic E-state index is 13.9. The molecule has 366 valence electrons. The lowest BCUT2D eigenvalue weighted by Gasteiger charge is -2.33. The summed E-state index contributed by atoms with van der Waals surface area (Å²) in [7, 11) is 1.55. The molecule has 0 unspecified atom stereocenters. The maximum absolute atomic E-state index is 13.9. The largest absolute Gasteiger partial charge is 0.506 e. The predicted molar refractivity (Wildman–Crippen MR) is 266 cm³/mol. The Balaban J connectivity index is 0.780. The number of rotatable bonds is 19. The number of benzene rings is 5. The fraction of sp³-hybridized carbons (Fsp3) is 0.357. The first-order valence-corrected chi connectivity index (χ1v) is 24.2. The number of hydrogen-bond acceptors (Lipinski definition) is 11. The van der Waals surface area contributed by atoms with Gasteiger partial charge in [-0.15, -0.1) is 0 Å². The number of aryl methyl sites for hydroxylation is 1.